The highest BCUT2D eigenvalue weighted by atomic mass is 32.1. The Morgan fingerprint density at radius 2 is 2.09 bits per heavy atom. The number of nitrogens with zero attached hydrogens (tertiary/aromatic N) is 5. The lowest BCUT2D eigenvalue weighted by molar-refractivity contribution is -0.143. The van der Waals surface area contributed by atoms with Crippen LogP contribution in [0.2, 0.25) is 0 Å². The molecular weight excluding hydrogens is 576 g/mol. The van der Waals surface area contributed by atoms with Crippen molar-refractivity contribution in [2.24, 2.45) is 13.0 Å². The fraction of sp³-hybridized carbons (Fsp3) is 0.424. The minimum Gasteiger partial charge on any atom is -0.487 e. The molecule has 1 aliphatic carbocycles. The van der Waals surface area contributed by atoms with Gasteiger partial charge in [0.05, 0.1) is 24.8 Å². The Hall–Kier alpha value is -4.09. The van der Waals surface area contributed by atoms with Gasteiger partial charge in [0.2, 0.25) is 5.56 Å². The molecule has 4 aromatic heterocycles. The summed E-state index contributed by atoms with van der Waals surface area (Å²) in [4.78, 5) is 35.5. The maximum absolute atomic E-state index is 13.0. The molecule has 0 spiro atoms. The summed E-state index contributed by atoms with van der Waals surface area (Å²) >= 11 is 1.72. The third kappa shape index (κ3) is 5.28. The fourth-order valence-corrected chi connectivity index (χ4v) is 7.43. The highest BCUT2D eigenvalue weighted by Gasteiger charge is 2.38. The van der Waals surface area contributed by atoms with Crippen LogP contribution in [0.5, 0.6) is 5.75 Å². The second-order valence-electron chi connectivity index (χ2n) is 12.0. The van der Waals surface area contributed by atoms with Crippen LogP contribution < -0.4 is 10.3 Å². The van der Waals surface area contributed by atoms with Crippen LogP contribution in [0.1, 0.15) is 73.0 Å². The highest BCUT2D eigenvalue weighted by molar-refractivity contribution is 7.17. The van der Waals surface area contributed by atoms with E-state index in [0.717, 1.165) is 58.4 Å². The van der Waals surface area contributed by atoms with Crippen molar-refractivity contribution in [2.45, 2.75) is 64.6 Å². The van der Waals surface area contributed by atoms with E-state index in [9.17, 15) is 9.59 Å². The normalized spacial score (nSPS) is 19.5. The Kier molecular flexibility index (Phi) is 7.45. The van der Waals surface area contributed by atoms with Crippen molar-refractivity contribution >= 4 is 38.6 Å². The van der Waals surface area contributed by atoms with Crippen molar-refractivity contribution in [1.29, 1.82) is 0 Å². The molecule has 2 aliphatic rings. The first-order valence-electron chi connectivity index (χ1n) is 15.2. The summed E-state index contributed by atoms with van der Waals surface area (Å²) in [6.45, 7) is 7.73. The lowest BCUT2D eigenvalue weighted by Gasteiger charge is -2.29. The van der Waals surface area contributed by atoms with Crippen LogP contribution in [-0.4, -0.2) is 55.1 Å². The molecule has 1 fully saturated rings. The van der Waals surface area contributed by atoms with Crippen LogP contribution >= 0.6 is 11.3 Å². The second-order valence-corrected chi connectivity index (χ2v) is 12.9. The van der Waals surface area contributed by atoms with E-state index in [1.165, 1.54) is 10.3 Å². The van der Waals surface area contributed by atoms with E-state index in [2.05, 4.69) is 55.7 Å². The van der Waals surface area contributed by atoms with Crippen LogP contribution in [0.3, 0.4) is 0 Å². The molecule has 0 saturated heterocycles. The quantitative estimate of drug-likeness (QED) is 0.232. The van der Waals surface area contributed by atoms with Gasteiger partial charge in [-0.3, -0.25) is 14.5 Å². The molecule has 0 unspecified atom stereocenters. The predicted octanol–water partition coefficient (Wildman–Crippen LogP) is 5.39. The predicted molar refractivity (Wildman–Crippen MR) is 169 cm³/mol. The van der Waals surface area contributed by atoms with Crippen molar-refractivity contribution in [1.82, 2.24) is 29.9 Å². The minimum absolute atomic E-state index is 0.0536. The summed E-state index contributed by atoms with van der Waals surface area (Å²) in [5.74, 6) is 0.755. The molecule has 228 valence electrons. The lowest BCUT2D eigenvalue weighted by atomic mass is 9.85. The van der Waals surface area contributed by atoms with Crippen LogP contribution in [0.25, 0.3) is 21.3 Å². The van der Waals surface area contributed by atoms with Crippen LogP contribution in [-0.2, 0) is 23.1 Å². The number of ether oxygens (including phenoxy) is 2. The monoisotopic (exact) mass is 612 g/mol. The molecule has 5 aromatic rings. The number of thiophene rings is 1. The largest absolute Gasteiger partial charge is 0.487 e. The summed E-state index contributed by atoms with van der Waals surface area (Å²) in [5, 5.41) is 11.8. The van der Waals surface area contributed by atoms with Gasteiger partial charge in [-0.2, -0.15) is 0 Å². The van der Waals surface area contributed by atoms with Crippen LogP contribution in [0.4, 0.5) is 0 Å². The van der Waals surface area contributed by atoms with Gasteiger partial charge >= 0.3 is 5.97 Å². The molecule has 1 saturated carbocycles. The van der Waals surface area contributed by atoms with Crippen molar-refractivity contribution in [3.05, 3.63) is 80.2 Å². The maximum atomic E-state index is 13.0. The van der Waals surface area contributed by atoms with E-state index in [0.29, 0.717) is 24.7 Å². The fourth-order valence-electron chi connectivity index (χ4n) is 6.55. The third-order valence-electron chi connectivity index (χ3n) is 9.10. The Labute approximate surface area is 259 Å². The first kappa shape index (κ1) is 28.7. The number of pyridine rings is 2. The number of carbonyl (C=O) groups excluding carboxylic acids is 1. The Morgan fingerprint density at radius 1 is 1.25 bits per heavy atom. The number of fused-ring (bicyclic) bond motifs is 3. The zero-order chi connectivity index (χ0) is 30.5. The Bertz CT molecular complexity index is 1920. The number of hydrogen-bond donors (Lipinski definition) is 1. The number of benzene rings is 1. The SMILES string of the molecule is CCOC(=O)C[C@H](c1cc(CN2C[C@@H](C3CC3)Oc3ccc(=O)[nH]c3[C@H]2C)c2sccc2c1)c1cnc2c(nnn2C)c1C. The van der Waals surface area contributed by atoms with Gasteiger partial charge in [-0.25, -0.2) is 9.67 Å². The molecule has 3 atom stereocenters. The minimum atomic E-state index is -0.280. The molecule has 11 heteroatoms. The van der Waals surface area contributed by atoms with E-state index in [4.69, 9.17) is 9.47 Å². The van der Waals surface area contributed by atoms with Gasteiger partial charge in [-0.15, -0.1) is 16.4 Å². The van der Waals surface area contributed by atoms with E-state index >= 15 is 0 Å². The Balaban J connectivity index is 1.31. The molecule has 10 nitrogen and oxygen atoms in total. The molecule has 0 radical (unpaired) electrons. The van der Waals surface area contributed by atoms with Gasteiger partial charge in [-0.1, -0.05) is 11.3 Å². The summed E-state index contributed by atoms with van der Waals surface area (Å²) in [5.41, 5.74) is 6.22. The number of hydrogen-bond acceptors (Lipinski definition) is 9. The average molecular weight is 613 g/mol. The standard InChI is InChI=1S/C33H36N6O4S/c1-5-42-29(41)14-24(25-15-34-33-30(18(25)2)36-37-38(33)4)22-12-21-10-11-44-32(21)23(13-22)16-39-17-27(20-6-7-20)43-26-8-9-28(40)35-31(26)19(39)3/h8-13,15,19-20,24,27H,5-7,14,16-17H2,1-4H3,(H,35,40)/t19-,24-,27+/m1/s1. The number of H-pyrrole nitrogens is 1. The van der Waals surface area contributed by atoms with Crippen LogP contribution in [0, 0.1) is 12.8 Å². The van der Waals surface area contributed by atoms with Gasteiger partial charge in [-0.05, 0) is 90.7 Å². The number of nitrogens with one attached hydrogen (secondary N) is 1. The third-order valence-corrected chi connectivity index (χ3v) is 10.1. The Morgan fingerprint density at radius 3 is 2.89 bits per heavy atom. The van der Waals surface area contributed by atoms with E-state index in [1.807, 2.05) is 33.2 Å². The molecule has 1 aliphatic heterocycles. The van der Waals surface area contributed by atoms with Crippen LogP contribution in [0.15, 0.2) is 46.7 Å². The smallest absolute Gasteiger partial charge is 0.306 e. The molecule has 0 amide bonds. The molecule has 44 heavy (non-hydrogen) atoms. The number of aromatic amines is 1. The lowest BCUT2D eigenvalue weighted by Crippen LogP contribution is -2.35. The van der Waals surface area contributed by atoms with Gasteiger partial charge in [0, 0.05) is 43.0 Å². The maximum Gasteiger partial charge on any atom is 0.306 e. The second kappa shape index (κ2) is 11.4. The molecule has 1 aromatic carbocycles. The molecule has 0 bridgehead atoms. The van der Waals surface area contributed by atoms with Crippen molar-refractivity contribution in [3.63, 3.8) is 0 Å². The molecule has 1 N–H and O–H groups in total. The van der Waals surface area contributed by atoms with Gasteiger partial charge in [0.25, 0.3) is 0 Å². The summed E-state index contributed by atoms with van der Waals surface area (Å²) in [6, 6.07) is 9.87. The van der Waals surface area contributed by atoms with E-state index in [-0.39, 0.29) is 36.0 Å². The van der Waals surface area contributed by atoms with E-state index in [1.54, 1.807) is 22.1 Å². The number of esters is 1. The first-order valence-corrected chi connectivity index (χ1v) is 16.1. The zero-order valence-electron chi connectivity index (χ0n) is 25.4. The molecule has 7 rings (SSSR count). The van der Waals surface area contributed by atoms with Gasteiger partial charge < -0.3 is 14.5 Å². The number of aromatic nitrogens is 5. The summed E-state index contributed by atoms with van der Waals surface area (Å²) < 4.78 is 14.8. The first-order chi connectivity index (χ1) is 21.3. The summed E-state index contributed by atoms with van der Waals surface area (Å²) in [7, 11) is 1.82. The molecular formula is C33H36N6O4S. The highest BCUT2D eigenvalue weighted by Crippen LogP contribution is 2.42. The van der Waals surface area contributed by atoms with Crippen molar-refractivity contribution in [2.75, 3.05) is 13.2 Å². The van der Waals surface area contributed by atoms with Crippen molar-refractivity contribution in [3.8, 4) is 5.75 Å². The number of aryl methyl sites for hydroxylation is 2. The molecule has 5 heterocycles. The van der Waals surface area contributed by atoms with Crippen molar-refractivity contribution < 1.29 is 14.3 Å². The zero-order valence-corrected chi connectivity index (χ0v) is 26.2. The number of rotatable bonds is 8. The number of carbonyl (C=O) groups is 1. The topological polar surface area (TPSA) is 115 Å². The van der Waals surface area contributed by atoms with Gasteiger partial charge in [0.1, 0.15) is 17.4 Å². The van der Waals surface area contributed by atoms with E-state index < -0.39 is 0 Å². The summed E-state index contributed by atoms with van der Waals surface area (Å²) in [6.07, 6.45) is 4.42. The van der Waals surface area contributed by atoms with Gasteiger partial charge in [0.15, 0.2) is 5.65 Å². The average Bonchev–Trinajstić information content (AvgIpc) is 3.65.